The molecule has 0 aliphatic heterocycles. The van der Waals surface area contributed by atoms with Gasteiger partial charge in [0.1, 0.15) is 0 Å². The minimum atomic E-state index is -0.310. The molecule has 16 heavy (non-hydrogen) atoms. The van der Waals surface area contributed by atoms with Gasteiger partial charge < -0.3 is 10.5 Å². The van der Waals surface area contributed by atoms with E-state index in [4.69, 9.17) is 22.7 Å². The van der Waals surface area contributed by atoms with Crippen LogP contribution in [0.2, 0.25) is 0 Å². The van der Waals surface area contributed by atoms with Crippen molar-refractivity contribution in [3.63, 3.8) is 0 Å². The highest BCUT2D eigenvalue weighted by atomic mass is 32.1. The van der Waals surface area contributed by atoms with E-state index in [1.165, 1.54) is 0 Å². The standard InChI is InChI=1S/C12H15NO2S/c1-9(11(13)16)7-8-15-12(14)10-5-3-2-4-6-10/h2-6,9H,7-8H2,1H3,(H2,13,16). The zero-order chi connectivity index (χ0) is 12.0. The highest BCUT2D eigenvalue weighted by molar-refractivity contribution is 7.80. The van der Waals surface area contributed by atoms with Crippen molar-refractivity contribution in [2.24, 2.45) is 11.7 Å². The molecule has 0 fully saturated rings. The average molecular weight is 237 g/mol. The number of carbonyl (C=O) groups excluding carboxylic acids is 1. The molecule has 0 aromatic heterocycles. The third kappa shape index (κ3) is 3.98. The summed E-state index contributed by atoms with van der Waals surface area (Å²) in [6, 6.07) is 8.90. The van der Waals surface area contributed by atoms with Crippen LogP contribution in [0.5, 0.6) is 0 Å². The summed E-state index contributed by atoms with van der Waals surface area (Å²) in [5.41, 5.74) is 6.02. The van der Waals surface area contributed by atoms with Gasteiger partial charge in [-0.25, -0.2) is 4.79 Å². The first kappa shape index (κ1) is 12.6. The highest BCUT2D eigenvalue weighted by Crippen LogP contribution is 2.05. The molecule has 0 saturated heterocycles. The molecule has 1 atom stereocenters. The van der Waals surface area contributed by atoms with Gasteiger partial charge in [-0.3, -0.25) is 0 Å². The summed E-state index contributed by atoms with van der Waals surface area (Å²) in [5, 5.41) is 0. The number of esters is 1. The lowest BCUT2D eigenvalue weighted by Crippen LogP contribution is -2.20. The summed E-state index contributed by atoms with van der Waals surface area (Å²) in [4.78, 5) is 12.0. The Morgan fingerprint density at radius 2 is 2.06 bits per heavy atom. The van der Waals surface area contributed by atoms with Crippen LogP contribution in [0.1, 0.15) is 23.7 Å². The van der Waals surface area contributed by atoms with Crippen LogP contribution in [0.25, 0.3) is 0 Å². The van der Waals surface area contributed by atoms with Gasteiger partial charge in [-0.2, -0.15) is 0 Å². The second-order valence-corrected chi connectivity index (χ2v) is 4.07. The Kier molecular flexibility index (Phi) is 4.92. The molecule has 4 heteroatoms. The number of hydrogen-bond acceptors (Lipinski definition) is 3. The molecule has 1 rings (SSSR count). The van der Waals surface area contributed by atoms with Crippen molar-refractivity contribution in [1.29, 1.82) is 0 Å². The summed E-state index contributed by atoms with van der Waals surface area (Å²) in [6.45, 7) is 2.25. The fourth-order valence-electron chi connectivity index (χ4n) is 1.13. The van der Waals surface area contributed by atoms with Crippen molar-refractivity contribution < 1.29 is 9.53 Å². The first-order valence-corrected chi connectivity index (χ1v) is 5.53. The molecule has 0 radical (unpaired) electrons. The molecular formula is C12H15NO2S. The SMILES string of the molecule is CC(CCOC(=O)c1ccccc1)C(N)=S. The van der Waals surface area contributed by atoms with E-state index >= 15 is 0 Å². The van der Waals surface area contributed by atoms with Gasteiger partial charge in [-0.15, -0.1) is 0 Å². The molecule has 0 bridgehead atoms. The Bertz CT molecular complexity index is 365. The van der Waals surface area contributed by atoms with E-state index in [1.54, 1.807) is 24.3 Å². The molecule has 1 aromatic carbocycles. The summed E-state index contributed by atoms with van der Waals surface area (Å²) in [5.74, 6) is -0.214. The van der Waals surface area contributed by atoms with E-state index in [0.29, 0.717) is 23.6 Å². The van der Waals surface area contributed by atoms with Crippen LogP contribution in [0.4, 0.5) is 0 Å². The quantitative estimate of drug-likeness (QED) is 0.630. The molecule has 1 aromatic rings. The monoisotopic (exact) mass is 237 g/mol. The Hall–Kier alpha value is -1.42. The smallest absolute Gasteiger partial charge is 0.338 e. The molecule has 0 amide bonds. The van der Waals surface area contributed by atoms with Gasteiger partial charge in [-0.05, 0) is 18.6 Å². The van der Waals surface area contributed by atoms with E-state index in [0.717, 1.165) is 0 Å². The van der Waals surface area contributed by atoms with Crippen LogP contribution in [0.3, 0.4) is 0 Å². The molecule has 0 saturated carbocycles. The Morgan fingerprint density at radius 1 is 1.44 bits per heavy atom. The summed E-state index contributed by atoms with van der Waals surface area (Å²) in [6.07, 6.45) is 0.661. The lowest BCUT2D eigenvalue weighted by Gasteiger charge is -2.09. The molecule has 1 unspecified atom stereocenters. The van der Waals surface area contributed by atoms with Gasteiger partial charge in [0.15, 0.2) is 0 Å². The summed E-state index contributed by atoms with van der Waals surface area (Å²) in [7, 11) is 0. The molecule has 0 spiro atoms. The van der Waals surface area contributed by atoms with Crippen LogP contribution in [0.15, 0.2) is 30.3 Å². The van der Waals surface area contributed by atoms with E-state index in [2.05, 4.69) is 0 Å². The maximum atomic E-state index is 11.5. The molecule has 3 nitrogen and oxygen atoms in total. The van der Waals surface area contributed by atoms with E-state index in [9.17, 15) is 4.79 Å². The van der Waals surface area contributed by atoms with Crippen LogP contribution in [0, 0.1) is 5.92 Å². The third-order valence-corrected chi connectivity index (χ3v) is 2.68. The van der Waals surface area contributed by atoms with Crippen molar-refractivity contribution >= 4 is 23.2 Å². The van der Waals surface area contributed by atoms with Crippen molar-refractivity contribution in [3.05, 3.63) is 35.9 Å². The van der Waals surface area contributed by atoms with Crippen molar-refractivity contribution in [2.75, 3.05) is 6.61 Å². The number of carbonyl (C=O) groups is 1. The van der Waals surface area contributed by atoms with Gasteiger partial charge in [0, 0.05) is 5.92 Å². The zero-order valence-electron chi connectivity index (χ0n) is 9.18. The fourth-order valence-corrected chi connectivity index (χ4v) is 1.25. The number of thiocarbonyl (C=S) groups is 1. The average Bonchev–Trinajstić information content (AvgIpc) is 2.29. The predicted octanol–water partition coefficient (Wildman–Crippen LogP) is 2.16. The maximum absolute atomic E-state index is 11.5. The van der Waals surface area contributed by atoms with Gasteiger partial charge in [0.25, 0.3) is 0 Å². The van der Waals surface area contributed by atoms with Crippen molar-refractivity contribution in [1.82, 2.24) is 0 Å². The fraction of sp³-hybridized carbons (Fsp3) is 0.333. The minimum absolute atomic E-state index is 0.0959. The number of rotatable bonds is 5. The Labute approximate surface area is 101 Å². The minimum Gasteiger partial charge on any atom is -0.462 e. The van der Waals surface area contributed by atoms with Crippen molar-refractivity contribution in [2.45, 2.75) is 13.3 Å². The number of hydrogen-bond donors (Lipinski definition) is 1. The van der Waals surface area contributed by atoms with Gasteiger partial charge in [0.05, 0.1) is 17.2 Å². The molecular weight excluding hydrogens is 222 g/mol. The highest BCUT2D eigenvalue weighted by Gasteiger charge is 2.08. The zero-order valence-corrected chi connectivity index (χ0v) is 10.00. The molecule has 86 valence electrons. The topological polar surface area (TPSA) is 52.3 Å². The normalized spacial score (nSPS) is 11.8. The maximum Gasteiger partial charge on any atom is 0.338 e. The van der Waals surface area contributed by atoms with E-state index in [1.807, 2.05) is 13.0 Å². The van der Waals surface area contributed by atoms with Crippen molar-refractivity contribution in [3.8, 4) is 0 Å². The lowest BCUT2D eigenvalue weighted by molar-refractivity contribution is 0.0493. The number of benzene rings is 1. The van der Waals surface area contributed by atoms with E-state index in [-0.39, 0.29) is 11.9 Å². The van der Waals surface area contributed by atoms with Gasteiger partial charge in [0.2, 0.25) is 0 Å². The van der Waals surface area contributed by atoms with Gasteiger partial charge in [-0.1, -0.05) is 37.3 Å². The number of nitrogens with two attached hydrogens (primary N) is 1. The third-order valence-electron chi connectivity index (χ3n) is 2.28. The van der Waals surface area contributed by atoms with Crippen LogP contribution in [-0.2, 0) is 4.74 Å². The molecule has 2 N–H and O–H groups in total. The largest absolute Gasteiger partial charge is 0.462 e. The second kappa shape index (κ2) is 6.23. The summed E-state index contributed by atoms with van der Waals surface area (Å²) < 4.78 is 5.09. The predicted molar refractivity (Wildman–Crippen MR) is 67.3 cm³/mol. The first-order chi connectivity index (χ1) is 7.61. The van der Waals surface area contributed by atoms with Crippen LogP contribution in [-0.4, -0.2) is 17.6 Å². The number of ether oxygens (including phenoxy) is 1. The first-order valence-electron chi connectivity index (χ1n) is 5.12. The van der Waals surface area contributed by atoms with Crippen LogP contribution >= 0.6 is 12.2 Å². The Morgan fingerprint density at radius 3 is 2.62 bits per heavy atom. The van der Waals surface area contributed by atoms with E-state index < -0.39 is 0 Å². The molecule has 0 aliphatic carbocycles. The molecule has 0 aliphatic rings. The lowest BCUT2D eigenvalue weighted by atomic mass is 10.1. The van der Waals surface area contributed by atoms with Crippen LogP contribution < -0.4 is 5.73 Å². The van der Waals surface area contributed by atoms with Gasteiger partial charge >= 0.3 is 5.97 Å². The summed E-state index contributed by atoms with van der Waals surface area (Å²) >= 11 is 4.83. The molecule has 0 heterocycles. The Balaban J connectivity index is 2.34. The second-order valence-electron chi connectivity index (χ2n) is 3.59.